The number of hydrogen-bond donors (Lipinski definition) is 2. The fraction of sp³-hybridized carbons (Fsp3) is 0.263. The summed E-state index contributed by atoms with van der Waals surface area (Å²) in [4.78, 5) is 8.75. The molecule has 0 spiro atoms. The third-order valence-corrected chi connectivity index (χ3v) is 5.12. The van der Waals surface area contributed by atoms with Crippen molar-refractivity contribution in [3.63, 3.8) is 0 Å². The standard InChI is InChI=1S/C19H21Cl2N5/c1-22-19(25-12-15-11-16(20)18(21)26(15)2)24-10-8-14-6-3-5-13-7-4-9-23-17(13)14/h3-7,9,11H,8,10,12H2,1-2H3,(H2,22,24,25). The summed E-state index contributed by atoms with van der Waals surface area (Å²) in [6.07, 6.45) is 2.69. The molecule has 2 aromatic heterocycles. The quantitative estimate of drug-likeness (QED) is 0.515. The van der Waals surface area contributed by atoms with Gasteiger partial charge in [-0.1, -0.05) is 47.5 Å². The molecule has 5 nitrogen and oxygen atoms in total. The lowest BCUT2D eigenvalue weighted by Gasteiger charge is -2.13. The van der Waals surface area contributed by atoms with Crippen molar-refractivity contribution in [3.05, 3.63) is 64.0 Å². The zero-order valence-corrected chi connectivity index (χ0v) is 16.3. The van der Waals surface area contributed by atoms with Crippen LogP contribution in [0.1, 0.15) is 11.3 Å². The number of rotatable bonds is 5. The molecule has 0 aliphatic heterocycles. The largest absolute Gasteiger partial charge is 0.356 e. The number of hydrogen-bond acceptors (Lipinski definition) is 2. The van der Waals surface area contributed by atoms with E-state index in [1.54, 1.807) is 7.05 Å². The van der Waals surface area contributed by atoms with Gasteiger partial charge >= 0.3 is 0 Å². The number of nitrogens with one attached hydrogen (secondary N) is 2. The Kier molecular flexibility index (Phi) is 6.01. The number of fused-ring (bicyclic) bond motifs is 1. The van der Waals surface area contributed by atoms with E-state index in [4.69, 9.17) is 23.2 Å². The highest BCUT2D eigenvalue weighted by molar-refractivity contribution is 6.41. The van der Waals surface area contributed by atoms with Gasteiger partial charge in [0.05, 0.1) is 17.1 Å². The van der Waals surface area contributed by atoms with Crippen LogP contribution < -0.4 is 10.6 Å². The monoisotopic (exact) mass is 389 g/mol. The molecule has 2 heterocycles. The van der Waals surface area contributed by atoms with Crippen LogP contribution in [0.25, 0.3) is 10.9 Å². The van der Waals surface area contributed by atoms with E-state index in [1.807, 2.05) is 29.9 Å². The fourth-order valence-corrected chi connectivity index (χ4v) is 3.25. The first-order valence-corrected chi connectivity index (χ1v) is 9.12. The summed E-state index contributed by atoms with van der Waals surface area (Å²) < 4.78 is 1.85. The first-order valence-electron chi connectivity index (χ1n) is 8.37. The van der Waals surface area contributed by atoms with Crippen molar-refractivity contribution >= 4 is 40.1 Å². The molecule has 3 rings (SSSR count). The van der Waals surface area contributed by atoms with Crippen molar-refractivity contribution in [2.75, 3.05) is 13.6 Å². The zero-order valence-electron chi connectivity index (χ0n) is 14.8. The van der Waals surface area contributed by atoms with E-state index in [1.165, 1.54) is 5.56 Å². The molecule has 0 fully saturated rings. The van der Waals surface area contributed by atoms with Gasteiger partial charge in [0.2, 0.25) is 0 Å². The maximum absolute atomic E-state index is 6.10. The van der Waals surface area contributed by atoms with Crippen LogP contribution in [0.4, 0.5) is 0 Å². The molecular weight excluding hydrogens is 369 g/mol. The van der Waals surface area contributed by atoms with E-state index in [0.29, 0.717) is 16.7 Å². The topological polar surface area (TPSA) is 54.2 Å². The van der Waals surface area contributed by atoms with Crippen molar-refractivity contribution < 1.29 is 0 Å². The Morgan fingerprint density at radius 3 is 2.73 bits per heavy atom. The summed E-state index contributed by atoms with van der Waals surface area (Å²) in [6.45, 7) is 1.34. The normalized spacial score (nSPS) is 11.8. The molecule has 0 saturated carbocycles. The van der Waals surface area contributed by atoms with Crippen molar-refractivity contribution in [2.24, 2.45) is 12.0 Å². The second-order valence-corrected chi connectivity index (χ2v) is 6.69. The molecule has 3 aromatic rings. The SMILES string of the molecule is CN=C(NCCc1cccc2cccnc12)NCc1cc(Cl)c(Cl)n1C. The van der Waals surface area contributed by atoms with Crippen LogP contribution in [-0.2, 0) is 20.0 Å². The number of aliphatic imine (C=N–C) groups is 1. The van der Waals surface area contributed by atoms with E-state index in [9.17, 15) is 0 Å². The number of halogens is 2. The van der Waals surface area contributed by atoms with Crippen molar-refractivity contribution in [1.82, 2.24) is 20.2 Å². The van der Waals surface area contributed by atoms with Gasteiger partial charge < -0.3 is 15.2 Å². The van der Waals surface area contributed by atoms with E-state index < -0.39 is 0 Å². The lowest BCUT2D eigenvalue weighted by Crippen LogP contribution is -2.38. The molecule has 0 unspecified atom stereocenters. The Bertz CT molecular complexity index is 928. The second kappa shape index (κ2) is 8.43. The summed E-state index contributed by atoms with van der Waals surface area (Å²) in [5.41, 5.74) is 3.25. The first-order chi connectivity index (χ1) is 12.6. The Morgan fingerprint density at radius 1 is 1.19 bits per heavy atom. The first kappa shape index (κ1) is 18.5. The minimum Gasteiger partial charge on any atom is -0.356 e. The third-order valence-electron chi connectivity index (χ3n) is 4.28. The Hall–Kier alpha value is -2.24. The molecule has 0 saturated heterocycles. The number of nitrogens with zero attached hydrogens (tertiary/aromatic N) is 3. The van der Waals surface area contributed by atoms with Crippen LogP contribution in [0.5, 0.6) is 0 Å². The van der Waals surface area contributed by atoms with Gasteiger partial charge in [-0.05, 0) is 24.1 Å². The highest BCUT2D eigenvalue weighted by Gasteiger charge is 2.09. The van der Waals surface area contributed by atoms with Gasteiger partial charge in [0, 0.05) is 37.9 Å². The van der Waals surface area contributed by atoms with Gasteiger partial charge in [-0.25, -0.2) is 0 Å². The number of aromatic nitrogens is 2. The summed E-state index contributed by atoms with van der Waals surface area (Å²) in [7, 11) is 3.63. The van der Waals surface area contributed by atoms with E-state index in [-0.39, 0.29) is 0 Å². The maximum Gasteiger partial charge on any atom is 0.191 e. The van der Waals surface area contributed by atoms with Crippen molar-refractivity contribution in [1.29, 1.82) is 0 Å². The second-order valence-electron chi connectivity index (χ2n) is 5.93. The molecule has 136 valence electrons. The smallest absolute Gasteiger partial charge is 0.191 e. The average molecular weight is 390 g/mol. The van der Waals surface area contributed by atoms with Gasteiger partial charge in [-0.3, -0.25) is 9.98 Å². The predicted octanol–water partition coefficient (Wildman–Crippen LogP) is 3.79. The minimum atomic E-state index is 0.537. The third kappa shape index (κ3) is 4.11. The van der Waals surface area contributed by atoms with Gasteiger partial charge in [0.1, 0.15) is 5.15 Å². The Balaban J connectivity index is 1.56. The molecule has 0 atom stereocenters. The van der Waals surface area contributed by atoms with Crippen molar-refractivity contribution in [2.45, 2.75) is 13.0 Å². The minimum absolute atomic E-state index is 0.537. The van der Waals surface area contributed by atoms with Crippen LogP contribution in [0.2, 0.25) is 10.2 Å². The van der Waals surface area contributed by atoms with E-state index >= 15 is 0 Å². The highest BCUT2D eigenvalue weighted by Crippen LogP contribution is 2.24. The Morgan fingerprint density at radius 2 is 2.00 bits per heavy atom. The van der Waals surface area contributed by atoms with Gasteiger partial charge in [-0.2, -0.15) is 0 Å². The maximum atomic E-state index is 6.10. The molecule has 0 amide bonds. The Labute approximate surface area is 163 Å². The van der Waals surface area contributed by atoms with E-state index in [2.05, 4.69) is 44.9 Å². The van der Waals surface area contributed by atoms with Gasteiger partial charge in [0.25, 0.3) is 0 Å². The summed E-state index contributed by atoms with van der Waals surface area (Å²) in [6, 6.07) is 12.1. The van der Waals surface area contributed by atoms with Crippen LogP contribution in [0.3, 0.4) is 0 Å². The number of benzene rings is 1. The lowest BCUT2D eigenvalue weighted by atomic mass is 10.1. The summed E-state index contributed by atoms with van der Waals surface area (Å²) in [5, 5.41) is 8.85. The number of pyridine rings is 1. The molecule has 2 N–H and O–H groups in total. The summed E-state index contributed by atoms with van der Waals surface area (Å²) in [5.74, 6) is 0.728. The van der Waals surface area contributed by atoms with Gasteiger partial charge in [0.15, 0.2) is 5.96 Å². The number of para-hydroxylation sites is 1. The van der Waals surface area contributed by atoms with Crippen LogP contribution in [0, 0.1) is 0 Å². The van der Waals surface area contributed by atoms with E-state index in [0.717, 1.165) is 35.5 Å². The lowest BCUT2D eigenvalue weighted by molar-refractivity contribution is 0.747. The molecule has 0 aliphatic carbocycles. The molecule has 0 bridgehead atoms. The summed E-state index contributed by atoms with van der Waals surface area (Å²) >= 11 is 12.1. The molecule has 26 heavy (non-hydrogen) atoms. The van der Waals surface area contributed by atoms with Crippen LogP contribution in [0.15, 0.2) is 47.6 Å². The number of guanidine groups is 1. The average Bonchev–Trinajstić information content (AvgIpc) is 2.91. The molecular formula is C19H21Cl2N5. The van der Waals surface area contributed by atoms with Crippen LogP contribution >= 0.6 is 23.2 Å². The molecule has 7 heteroatoms. The van der Waals surface area contributed by atoms with Crippen LogP contribution in [-0.4, -0.2) is 29.1 Å². The zero-order chi connectivity index (χ0) is 18.5. The fourth-order valence-electron chi connectivity index (χ4n) is 2.84. The predicted molar refractivity (Wildman–Crippen MR) is 109 cm³/mol. The highest BCUT2D eigenvalue weighted by atomic mass is 35.5. The molecule has 1 aromatic carbocycles. The molecule has 0 radical (unpaired) electrons. The molecule has 0 aliphatic rings. The van der Waals surface area contributed by atoms with Crippen molar-refractivity contribution in [3.8, 4) is 0 Å². The van der Waals surface area contributed by atoms with Gasteiger partial charge in [-0.15, -0.1) is 0 Å².